The van der Waals surface area contributed by atoms with Gasteiger partial charge in [0.05, 0.1) is 17.6 Å². The topological polar surface area (TPSA) is 127 Å². The molecular formula is C26H37N3O6S. The summed E-state index contributed by atoms with van der Waals surface area (Å²) in [6.07, 6.45) is 5.32. The van der Waals surface area contributed by atoms with E-state index < -0.39 is 26.5 Å². The Morgan fingerprint density at radius 1 is 1.11 bits per heavy atom. The molecular weight excluding hydrogens is 482 g/mol. The van der Waals surface area contributed by atoms with Crippen LogP contribution in [-0.2, 0) is 25.9 Å². The monoisotopic (exact) mass is 519 g/mol. The lowest BCUT2D eigenvalue weighted by atomic mass is 9.81. The van der Waals surface area contributed by atoms with Gasteiger partial charge in [0.1, 0.15) is 5.75 Å². The number of hydrogen-bond acceptors (Lipinski definition) is 8. The van der Waals surface area contributed by atoms with Gasteiger partial charge in [-0.3, -0.25) is 20.3 Å². The standard InChI is InChI=1S/C26H37N3O6S/c1-4-34-22-9-11-24(12-10-22)36(32,33)26(25(30)29-31,28-17-20-13-15-27-16-14-20)21-5-7-23(8-6-21)35-18-19(2)3/h9-16,19,21,23,28,31H,4-8,17-18H2,1-3H3,(H,29,30)/t21-,23-,26-/m1/s1. The number of pyridine rings is 1. The molecule has 0 aliphatic heterocycles. The second-order valence-corrected chi connectivity index (χ2v) is 11.6. The number of aromatic nitrogens is 1. The maximum absolute atomic E-state index is 14.2. The molecule has 3 rings (SSSR count). The van der Waals surface area contributed by atoms with E-state index in [1.54, 1.807) is 42.1 Å². The number of ether oxygens (including phenoxy) is 2. The van der Waals surface area contributed by atoms with Gasteiger partial charge in [-0.15, -0.1) is 0 Å². The summed E-state index contributed by atoms with van der Waals surface area (Å²) in [5.74, 6) is -0.677. The zero-order valence-electron chi connectivity index (χ0n) is 21.1. The van der Waals surface area contributed by atoms with Crippen molar-refractivity contribution in [2.75, 3.05) is 13.2 Å². The summed E-state index contributed by atoms with van der Waals surface area (Å²) in [6, 6.07) is 9.50. The molecule has 1 aliphatic carbocycles. The maximum atomic E-state index is 14.2. The highest BCUT2D eigenvalue weighted by molar-refractivity contribution is 7.93. The van der Waals surface area contributed by atoms with Gasteiger partial charge in [0.2, 0.25) is 14.7 Å². The molecule has 0 radical (unpaired) electrons. The number of hydrogen-bond donors (Lipinski definition) is 3. The van der Waals surface area contributed by atoms with E-state index in [1.165, 1.54) is 12.1 Å². The Balaban J connectivity index is 1.99. The molecule has 36 heavy (non-hydrogen) atoms. The molecule has 3 N–H and O–H groups in total. The Kier molecular flexibility index (Phi) is 9.84. The highest BCUT2D eigenvalue weighted by Gasteiger charge is 2.57. The van der Waals surface area contributed by atoms with Crippen LogP contribution in [0.15, 0.2) is 53.7 Å². The molecule has 10 heteroatoms. The van der Waals surface area contributed by atoms with E-state index in [1.807, 2.05) is 6.92 Å². The first-order valence-electron chi connectivity index (χ1n) is 12.4. The van der Waals surface area contributed by atoms with Crippen molar-refractivity contribution in [1.29, 1.82) is 0 Å². The predicted molar refractivity (Wildman–Crippen MR) is 135 cm³/mol. The minimum atomic E-state index is -4.31. The summed E-state index contributed by atoms with van der Waals surface area (Å²) >= 11 is 0. The van der Waals surface area contributed by atoms with Crippen LogP contribution in [-0.4, -0.2) is 48.7 Å². The zero-order valence-corrected chi connectivity index (χ0v) is 22.0. The van der Waals surface area contributed by atoms with E-state index in [4.69, 9.17) is 9.47 Å². The number of carbonyl (C=O) groups excluding carboxylic acids is 1. The molecule has 0 spiro atoms. The molecule has 198 valence electrons. The van der Waals surface area contributed by atoms with E-state index in [2.05, 4.69) is 24.1 Å². The van der Waals surface area contributed by atoms with Crippen molar-refractivity contribution >= 4 is 15.7 Å². The second kappa shape index (κ2) is 12.6. The van der Waals surface area contributed by atoms with Gasteiger partial charge in [-0.05, 0) is 80.5 Å². The first kappa shape index (κ1) is 28.0. The van der Waals surface area contributed by atoms with E-state index in [9.17, 15) is 18.4 Å². The minimum absolute atomic E-state index is 0.00640. The van der Waals surface area contributed by atoms with E-state index in [0.29, 0.717) is 50.6 Å². The quantitative estimate of drug-likeness (QED) is 0.287. The van der Waals surface area contributed by atoms with Gasteiger partial charge in [0.25, 0.3) is 5.91 Å². The van der Waals surface area contributed by atoms with Gasteiger partial charge >= 0.3 is 0 Å². The SMILES string of the molecule is CCOc1ccc(S(=O)(=O)[C@@](NCc2ccncc2)(C(=O)NO)[C@H]2CC[C@H](OCC(C)C)CC2)cc1. The smallest absolute Gasteiger partial charge is 0.280 e. The van der Waals surface area contributed by atoms with Crippen molar-refractivity contribution in [2.45, 2.75) is 68.9 Å². The van der Waals surface area contributed by atoms with E-state index in [0.717, 1.165) is 5.56 Å². The largest absolute Gasteiger partial charge is 0.494 e. The Morgan fingerprint density at radius 3 is 2.31 bits per heavy atom. The zero-order chi connectivity index (χ0) is 26.2. The second-order valence-electron chi connectivity index (χ2n) is 9.49. The molecule has 1 saturated carbocycles. The molecule has 1 fully saturated rings. The fourth-order valence-electron chi connectivity index (χ4n) is 4.70. The number of sulfone groups is 1. The molecule has 1 aromatic carbocycles. The molecule has 0 unspecified atom stereocenters. The summed E-state index contributed by atoms with van der Waals surface area (Å²) in [4.78, 5) is 15.2. The Morgan fingerprint density at radius 2 is 1.75 bits per heavy atom. The van der Waals surface area contributed by atoms with Crippen molar-refractivity contribution in [2.24, 2.45) is 11.8 Å². The number of rotatable bonds is 12. The first-order chi connectivity index (χ1) is 17.2. The average molecular weight is 520 g/mol. The molecule has 9 nitrogen and oxygen atoms in total. The molecule has 1 aromatic heterocycles. The molecule has 0 bridgehead atoms. The summed E-state index contributed by atoms with van der Waals surface area (Å²) in [6.45, 7) is 7.16. The number of nitrogens with one attached hydrogen (secondary N) is 2. The van der Waals surface area contributed by atoms with Crippen LogP contribution in [0.2, 0.25) is 0 Å². The van der Waals surface area contributed by atoms with E-state index in [-0.39, 0.29) is 17.5 Å². The summed E-state index contributed by atoms with van der Waals surface area (Å²) in [7, 11) is -4.31. The molecule has 1 atom stereocenters. The third-order valence-electron chi connectivity index (χ3n) is 6.53. The van der Waals surface area contributed by atoms with Crippen LogP contribution in [0.1, 0.15) is 52.0 Å². The van der Waals surface area contributed by atoms with Gasteiger partial charge < -0.3 is 9.47 Å². The number of nitrogens with zero attached hydrogens (tertiary/aromatic N) is 1. The van der Waals surface area contributed by atoms with Crippen LogP contribution in [0.4, 0.5) is 0 Å². The van der Waals surface area contributed by atoms with Gasteiger partial charge in [-0.2, -0.15) is 0 Å². The van der Waals surface area contributed by atoms with Crippen molar-refractivity contribution in [1.82, 2.24) is 15.8 Å². The lowest BCUT2D eigenvalue weighted by Gasteiger charge is -2.42. The van der Waals surface area contributed by atoms with Crippen LogP contribution in [0.25, 0.3) is 0 Å². The molecule has 1 heterocycles. The summed E-state index contributed by atoms with van der Waals surface area (Å²) < 4.78 is 39.9. The maximum Gasteiger partial charge on any atom is 0.280 e. The van der Waals surface area contributed by atoms with Gasteiger partial charge in [0, 0.05) is 31.5 Å². The Hall–Kier alpha value is -2.53. The Bertz CT molecular complexity index is 1070. The number of amides is 1. The van der Waals surface area contributed by atoms with Crippen LogP contribution in [0.5, 0.6) is 5.75 Å². The molecule has 2 aromatic rings. The predicted octanol–water partition coefficient (Wildman–Crippen LogP) is 3.48. The highest BCUT2D eigenvalue weighted by atomic mass is 32.2. The minimum Gasteiger partial charge on any atom is -0.494 e. The van der Waals surface area contributed by atoms with E-state index >= 15 is 0 Å². The summed E-state index contributed by atoms with van der Waals surface area (Å²) in [5, 5.41) is 12.8. The average Bonchev–Trinajstić information content (AvgIpc) is 2.89. The van der Waals surface area contributed by atoms with Crippen molar-refractivity contribution in [3.05, 3.63) is 54.4 Å². The number of hydroxylamine groups is 1. The third-order valence-corrected chi connectivity index (χ3v) is 8.93. The van der Waals surface area contributed by atoms with Crippen LogP contribution in [0, 0.1) is 11.8 Å². The lowest BCUT2D eigenvalue weighted by molar-refractivity contribution is -0.135. The molecule has 1 amide bonds. The normalized spacial score (nSPS) is 20.0. The fraction of sp³-hybridized carbons (Fsp3) is 0.538. The number of carbonyl (C=O) groups is 1. The van der Waals surface area contributed by atoms with Gasteiger partial charge in [-0.25, -0.2) is 13.9 Å². The first-order valence-corrected chi connectivity index (χ1v) is 13.9. The third kappa shape index (κ3) is 6.23. The fourth-order valence-corrected chi connectivity index (χ4v) is 6.79. The van der Waals surface area contributed by atoms with Crippen LogP contribution < -0.4 is 15.5 Å². The van der Waals surface area contributed by atoms with Crippen LogP contribution >= 0.6 is 0 Å². The Labute approximate surface area is 213 Å². The van der Waals surface area contributed by atoms with Crippen molar-refractivity contribution < 1.29 is 27.9 Å². The van der Waals surface area contributed by atoms with Gasteiger partial charge in [-0.1, -0.05) is 13.8 Å². The summed E-state index contributed by atoms with van der Waals surface area (Å²) in [5.41, 5.74) is 2.41. The van der Waals surface area contributed by atoms with Gasteiger partial charge in [0.15, 0.2) is 0 Å². The highest BCUT2D eigenvalue weighted by Crippen LogP contribution is 2.41. The molecule has 1 aliphatic rings. The van der Waals surface area contributed by atoms with Crippen molar-refractivity contribution in [3.8, 4) is 5.75 Å². The van der Waals surface area contributed by atoms with Crippen LogP contribution in [0.3, 0.4) is 0 Å². The molecule has 0 saturated heterocycles. The van der Waals surface area contributed by atoms with Crippen molar-refractivity contribution in [3.63, 3.8) is 0 Å². The lowest BCUT2D eigenvalue weighted by Crippen LogP contribution is -2.66. The number of benzene rings is 1.